The van der Waals surface area contributed by atoms with E-state index < -0.39 is 12.0 Å². The van der Waals surface area contributed by atoms with Gasteiger partial charge in [-0.3, -0.25) is 4.79 Å². The van der Waals surface area contributed by atoms with Crippen molar-refractivity contribution >= 4 is 11.7 Å². The average Bonchev–Trinajstić information content (AvgIpc) is 2.11. The van der Waals surface area contributed by atoms with Gasteiger partial charge in [0.25, 0.3) is 0 Å². The van der Waals surface area contributed by atoms with Crippen molar-refractivity contribution in [2.24, 2.45) is 0 Å². The molecule has 0 aliphatic rings. The number of aliphatic carboxylic acids is 1. The van der Waals surface area contributed by atoms with E-state index in [2.05, 4.69) is 5.32 Å². The highest BCUT2D eigenvalue weighted by Crippen LogP contribution is 2.17. The van der Waals surface area contributed by atoms with Crippen molar-refractivity contribution < 1.29 is 9.90 Å². The summed E-state index contributed by atoms with van der Waals surface area (Å²) in [6, 6.07) is 5.38. The highest BCUT2D eigenvalue weighted by atomic mass is 16.4. The van der Waals surface area contributed by atoms with Crippen molar-refractivity contribution in [3.63, 3.8) is 0 Å². The predicted molar refractivity (Wildman–Crippen MR) is 56.6 cm³/mol. The molecule has 0 bridgehead atoms. The lowest BCUT2D eigenvalue weighted by Gasteiger charge is -2.13. The van der Waals surface area contributed by atoms with E-state index in [1.165, 1.54) is 0 Å². The van der Waals surface area contributed by atoms with Gasteiger partial charge in [0.2, 0.25) is 0 Å². The number of carboxylic acid groups (broad SMARTS) is 1. The highest BCUT2D eigenvalue weighted by molar-refractivity contribution is 5.77. The monoisotopic (exact) mass is 193 g/mol. The number of carbonyl (C=O) groups is 1. The zero-order valence-electron chi connectivity index (χ0n) is 8.66. The van der Waals surface area contributed by atoms with Gasteiger partial charge < -0.3 is 10.4 Å². The van der Waals surface area contributed by atoms with Crippen LogP contribution in [0.25, 0.3) is 0 Å². The van der Waals surface area contributed by atoms with Gasteiger partial charge in [0.1, 0.15) is 6.04 Å². The fraction of sp³-hybridized carbons (Fsp3) is 0.364. The summed E-state index contributed by atoms with van der Waals surface area (Å²) in [5, 5.41) is 11.7. The maximum absolute atomic E-state index is 10.6. The minimum atomic E-state index is -0.842. The van der Waals surface area contributed by atoms with Crippen molar-refractivity contribution in [3.8, 4) is 0 Å². The van der Waals surface area contributed by atoms with Crippen molar-refractivity contribution in [1.82, 2.24) is 0 Å². The summed E-state index contributed by atoms with van der Waals surface area (Å²) in [5.41, 5.74) is 3.07. The summed E-state index contributed by atoms with van der Waals surface area (Å²) in [5.74, 6) is -0.842. The Kier molecular flexibility index (Phi) is 3.12. The minimum Gasteiger partial charge on any atom is -0.480 e. The number of benzene rings is 1. The van der Waals surface area contributed by atoms with E-state index in [0.717, 1.165) is 16.8 Å². The van der Waals surface area contributed by atoms with Crippen molar-refractivity contribution in [2.75, 3.05) is 5.32 Å². The fourth-order valence-electron chi connectivity index (χ4n) is 1.19. The van der Waals surface area contributed by atoms with Crippen LogP contribution in [0.2, 0.25) is 0 Å². The lowest BCUT2D eigenvalue weighted by atomic mass is 10.1. The third-order valence-electron chi connectivity index (χ3n) is 2.14. The Balaban J connectivity index is 2.85. The molecule has 0 aromatic heterocycles. The molecule has 1 atom stereocenters. The standard InChI is InChI=1S/C11H15NO2/c1-7-4-5-8(2)10(6-7)12-9(3)11(13)14/h4-6,9,12H,1-3H3,(H,13,14). The van der Waals surface area contributed by atoms with E-state index in [-0.39, 0.29) is 0 Å². The molecule has 14 heavy (non-hydrogen) atoms. The number of carboxylic acids is 1. The first-order valence-corrected chi connectivity index (χ1v) is 4.57. The fourth-order valence-corrected chi connectivity index (χ4v) is 1.19. The molecule has 0 amide bonds. The lowest BCUT2D eigenvalue weighted by molar-refractivity contribution is -0.137. The summed E-state index contributed by atoms with van der Waals surface area (Å²) >= 11 is 0. The van der Waals surface area contributed by atoms with Gasteiger partial charge in [0, 0.05) is 5.69 Å². The van der Waals surface area contributed by atoms with Crippen molar-refractivity contribution in [2.45, 2.75) is 26.8 Å². The maximum atomic E-state index is 10.6. The topological polar surface area (TPSA) is 49.3 Å². The Morgan fingerprint density at radius 2 is 2.07 bits per heavy atom. The van der Waals surface area contributed by atoms with Gasteiger partial charge in [-0.25, -0.2) is 0 Å². The van der Waals surface area contributed by atoms with E-state index in [0.29, 0.717) is 0 Å². The molecule has 3 nitrogen and oxygen atoms in total. The molecule has 1 unspecified atom stereocenters. The lowest BCUT2D eigenvalue weighted by Crippen LogP contribution is -2.25. The molecule has 0 spiro atoms. The van der Waals surface area contributed by atoms with Crippen molar-refractivity contribution in [3.05, 3.63) is 29.3 Å². The van der Waals surface area contributed by atoms with Crippen LogP contribution in [0.3, 0.4) is 0 Å². The van der Waals surface area contributed by atoms with Crippen LogP contribution < -0.4 is 5.32 Å². The Hall–Kier alpha value is -1.51. The quantitative estimate of drug-likeness (QED) is 0.773. The molecular formula is C11H15NO2. The first-order chi connectivity index (χ1) is 6.50. The molecule has 0 saturated heterocycles. The van der Waals surface area contributed by atoms with Gasteiger partial charge in [-0.15, -0.1) is 0 Å². The summed E-state index contributed by atoms with van der Waals surface area (Å²) in [4.78, 5) is 10.6. The van der Waals surface area contributed by atoms with Crippen LogP contribution in [0.1, 0.15) is 18.1 Å². The van der Waals surface area contributed by atoms with Gasteiger partial charge in [-0.2, -0.15) is 0 Å². The minimum absolute atomic E-state index is 0.560. The number of hydrogen-bond acceptors (Lipinski definition) is 2. The normalized spacial score (nSPS) is 12.2. The van der Waals surface area contributed by atoms with Crippen LogP contribution in [0.4, 0.5) is 5.69 Å². The maximum Gasteiger partial charge on any atom is 0.325 e. The van der Waals surface area contributed by atoms with Gasteiger partial charge in [-0.05, 0) is 38.0 Å². The summed E-state index contributed by atoms with van der Waals surface area (Å²) in [6.45, 7) is 5.57. The Morgan fingerprint density at radius 1 is 1.43 bits per heavy atom. The number of rotatable bonds is 3. The van der Waals surface area contributed by atoms with Crippen LogP contribution in [-0.4, -0.2) is 17.1 Å². The van der Waals surface area contributed by atoms with E-state index in [1.807, 2.05) is 32.0 Å². The van der Waals surface area contributed by atoms with E-state index in [1.54, 1.807) is 6.92 Å². The first-order valence-electron chi connectivity index (χ1n) is 4.57. The highest BCUT2D eigenvalue weighted by Gasteiger charge is 2.10. The van der Waals surface area contributed by atoms with Crippen LogP contribution in [-0.2, 0) is 4.79 Å². The van der Waals surface area contributed by atoms with E-state index >= 15 is 0 Å². The predicted octanol–water partition coefficient (Wildman–Crippen LogP) is 2.19. The first kappa shape index (κ1) is 10.6. The largest absolute Gasteiger partial charge is 0.480 e. The summed E-state index contributed by atoms with van der Waals surface area (Å²) < 4.78 is 0. The molecule has 0 aliphatic carbocycles. The van der Waals surface area contributed by atoms with E-state index in [4.69, 9.17) is 5.11 Å². The molecule has 3 heteroatoms. The van der Waals surface area contributed by atoms with E-state index in [9.17, 15) is 4.79 Å². The third-order valence-corrected chi connectivity index (χ3v) is 2.14. The number of hydrogen-bond donors (Lipinski definition) is 2. The zero-order chi connectivity index (χ0) is 10.7. The molecule has 0 heterocycles. The number of aryl methyl sites for hydroxylation is 2. The van der Waals surface area contributed by atoms with Gasteiger partial charge in [-0.1, -0.05) is 12.1 Å². The van der Waals surface area contributed by atoms with Gasteiger partial charge in [0.05, 0.1) is 0 Å². The summed E-state index contributed by atoms with van der Waals surface area (Å²) in [6.07, 6.45) is 0. The van der Waals surface area contributed by atoms with Crippen LogP contribution in [0.5, 0.6) is 0 Å². The second-order valence-electron chi connectivity index (χ2n) is 3.52. The molecule has 0 fully saturated rings. The third kappa shape index (κ3) is 2.49. The molecule has 0 radical (unpaired) electrons. The molecule has 1 aromatic rings. The van der Waals surface area contributed by atoms with Crippen molar-refractivity contribution in [1.29, 1.82) is 0 Å². The SMILES string of the molecule is Cc1ccc(C)c(NC(C)C(=O)O)c1. The van der Waals surface area contributed by atoms with Crippen LogP contribution in [0, 0.1) is 13.8 Å². The second kappa shape index (κ2) is 4.13. The molecule has 2 N–H and O–H groups in total. The van der Waals surface area contributed by atoms with Gasteiger partial charge >= 0.3 is 5.97 Å². The number of nitrogens with one attached hydrogen (secondary N) is 1. The molecule has 0 saturated carbocycles. The Morgan fingerprint density at radius 3 is 2.64 bits per heavy atom. The second-order valence-corrected chi connectivity index (χ2v) is 3.52. The zero-order valence-corrected chi connectivity index (χ0v) is 8.66. The molecule has 0 aliphatic heterocycles. The molecule has 76 valence electrons. The van der Waals surface area contributed by atoms with Crippen LogP contribution >= 0.6 is 0 Å². The van der Waals surface area contributed by atoms with Gasteiger partial charge in [0.15, 0.2) is 0 Å². The Labute approximate surface area is 83.8 Å². The Bertz CT molecular complexity index is 347. The number of anilines is 1. The summed E-state index contributed by atoms with van der Waals surface area (Å²) in [7, 11) is 0. The smallest absolute Gasteiger partial charge is 0.325 e. The molecule has 1 rings (SSSR count). The van der Waals surface area contributed by atoms with Crippen LogP contribution in [0.15, 0.2) is 18.2 Å². The molecular weight excluding hydrogens is 178 g/mol. The average molecular weight is 193 g/mol. The molecule has 1 aromatic carbocycles.